The molecular formula is C12H21N. The molecule has 3 unspecified atom stereocenters. The molecule has 2 aliphatic heterocycles. The zero-order valence-corrected chi connectivity index (χ0v) is 9.30. The average Bonchev–Trinajstić information content (AvgIpc) is 2.06. The summed E-state index contributed by atoms with van der Waals surface area (Å²) in [7, 11) is 0. The molecule has 0 N–H and O–H groups in total. The third-order valence-electron chi connectivity index (χ3n) is 4.36. The molecule has 1 fully saturated rings. The molecule has 74 valence electrons. The summed E-state index contributed by atoms with van der Waals surface area (Å²) in [5.41, 5.74) is 2.12. The van der Waals surface area contributed by atoms with E-state index in [9.17, 15) is 0 Å². The highest BCUT2D eigenvalue weighted by Crippen LogP contribution is 2.44. The van der Waals surface area contributed by atoms with Crippen molar-refractivity contribution in [2.45, 2.75) is 27.7 Å². The molecule has 0 amide bonds. The summed E-state index contributed by atoms with van der Waals surface area (Å²) in [6.07, 6.45) is 2.42. The van der Waals surface area contributed by atoms with Gasteiger partial charge >= 0.3 is 0 Å². The summed E-state index contributed by atoms with van der Waals surface area (Å²) in [6.45, 7) is 13.3. The first-order valence-corrected chi connectivity index (χ1v) is 5.41. The van der Waals surface area contributed by atoms with Crippen LogP contribution in [0.5, 0.6) is 0 Å². The molecule has 0 radical (unpaired) electrons. The Balaban J connectivity index is 2.31. The lowest BCUT2D eigenvalue weighted by Gasteiger charge is -2.51. The smallest absolute Gasteiger partial charge is 0.0166 e. The van der Waals surface area contributed by atoms with Crippen molar-refractivity contribution in [3.63, 3.8) is 0 Å². The predicted molar refractivity (Wildman–Crippen MR) is 56.6 cm³/mol. The number of hydrogen-bond donors (Lipinski definition) is 0. The van der Waals surface area contributed by atoms with Crippen molar-refractivity contribution in [1.82, 2.24) is 4.90 Å². The van der Waals surface area contributed by atoms with E-state index < -0.39 is 0 Å². The fourth-order valence-electron chi connectivity index (χ4n) is 2.83. The van der Waals surface area contributed by atoms with Gasteiger partial charge in [0, 0.05) is 19.6 Å². The minimum atomic E-state index is 0.498. The molecule has 0 aromatic rings. The van der Waals surface area contributed by atoms with E-state index in [1.54, 1.807) is 5.57 Å². The number of rotatable bonds is 0. The quantitative estimate of drug-likeness (QED) is 0.517. The van der Waals surface area contributed by atoms with Crippen molar-refractivity contribution < 1.29 is 0 Å². The molecule has 3 atom stereocenters. The predicted octanol–water partition coefficient (Wildman–Crippen LogP) is 2.54. The monoisotopic (exact) mass is 179 g/mol. The number of nitrogens with zero attached hydrogens (tertiary/aromatic N) is 1. The molecule has 1 heteroatoms. The van der Waals surface area contributed by atoms with Gasteiger partial charge in [0.05, 0.1) is 0 Å². The minimum absolute atomic E-state index is 0.498. The largest absolute Gasteiger partial charge is 0.299 e. The number of fused-ring (bicyclic) bond motifs is 2. The average molecular weight is 179 g/mol. The minimum Gasteiger partial charge on any atom is -0.299 e. The Bertz CT molecular complexity index is 240. The maximum absolute atomic E-state index is 2.59. The second-order valence-corrected chi connectivity index (χ2v) is 5.44. The fourth-order valence-corrected chi connectivity index (χ4v) is 2.83. The van der Waals surface area contributed by atoms with Crippen molar-refractivity contribution >= 4 is 0 Å². The second-order valence-electron chi connectivity index (χ2n) is 5.44. The van der Waals surface area contributed by atoms with Crippen LogP contribution < -0.4 is 0 Å². The van der Waals surface area contributed by atoms with Crippen LogP contribution in [-0.4, -0.2) is 24.5 Å². The lowest BCUT2D eigenvalue weighted by atomic mass is 9.64. The van der Waals surface area contributed by atoms with E-state index >= 15 is 0 Å². The summed E-state index contributed by atoms with van der Waals surface area (Å²) in [6, 6.07) is 0. The molecule has 2 bridgehead atoms. The molecule has 2 rings (SSSR count). The third-order valence-corrected chi connectivity index (χ3v) is 4.36. The van der Waals surface area contributed by atoms with E-state index in [0.29, 0.717) is 5.41 Å². The van der Waals surface area contributed by atoms with Gasteiger partial charge in [0.15, 0.2) is 0 Å². The Morgan fingerprint density at radius 2 is 2.08 bits per heavy atom. The summed E-state index contributed by atoms with van der Waals surface area (Å²) >= 11 is 0. The van der Waals surface area contributed by atoms with Crippen LogP contribution in [-0.2, 0) is 0 Å². The lowest BCUT2D eigenvalue weighted by Crippen LogP contribution is -2.52. The van der Waals surface area contributed by atoms with Crippen LogP contribution in [0.1, 0.15) is 27.7 Å². The normalized spacial score (nSPS) is 42.8. The van der Waals surface area contributed by atoms with Gasteiger partial charge in [-0.15, -0.1) is 0 Å². The van der Waals surface area contributed by atoms with Crippen molar-refractivity contribution in [2.24, 2.45) is 17.3 Å². The Hall–Kier alpha value is -0.300. The van der Waals surface area contributed by atoms with Gasteiger partial charge in [0.2, 0.25) is 0 Å². The van der Waals surface area contributed by atoms with Gasteiger partial charge in [-0.1, -0.05) is 32.4 Å². The number of piperidine rings is 1. The van der Waals surface area contributed by atoms with Gasteiger partial charge in [-0.05, 0) is 24.2 Å². The van der Waals surface area contributed by atoms with Gasteiger partial charge in [-0.2, -0.15) is 0 Å². The van der Waals surface area contributed by atoms with Gasteiger partial charge in [-0.25, -0.2) is 0 Å². The van der Waals surface area contributed by atoms with Crippen LogP contribution in [0.4, 0.5) is 0 Å². The Kier molecular flexibility index (Phi) is 2.03. The van der Waals surface area contributed by atoms with Crippen molar-refractivity contribution in [3.8, 4) is 0 Å². The third kappa shape index (κ3) is 1.34. The molecule has 1 nitrogen and oxygen atoms in total. The molecule has 0 saturated carbocycles. The summed E-state index contributed by atoms with van der Waals surface area (Å²) in [4.78, 5) is 2.59. The maximum Gasteiger partial charge on any atom is 0.0166 e. The topological polar surface area (TPSA) is 3.24 Å². The first kappa shape index (κ1) is 9.26. The standard InChI is InChI=1S/C12H21N/c1-9-5-6-13-7-10(2)12(3,4)11(9)8-13/h5,10-11H,6-8H2,1-4H3. The van der Waals surface area contributed by atoms with Crippen LogP contribution in [0, 0.1) is 17.3 Å². The zero-order valence-electron chi connectivity index (χ0n) is 9.30. The van der Waals surface area contributed by atoms with Crippen molar-refractivity contribution in [1.29, 1.82) is 0 Å². The first-order chi connectivity index (χ1) is 6.01. The summed E-state index contributed by atoms with van der Waals surface area (Å²) in [5.74, 6) is 1.62. The fraction of sp³-hybridized carbons (Fsp3) is 0.833. The van der Waals surface area contributed by atoms with E-state index in [4.69, 9.17) is 0 Å². The molecule has 0 aromatic carbocycles. The van der Waals surface area contributed by atoms with E-state index in [-0.39, 0.29) is 0 Å². The second kappa shape index (κ2) is 2.84. The van der Waals surface area contributed by atoms with E-state index in [0.717, 1.165) is 11.8 Å². The molecule has 2 aliphatic rings. The molecule has 13 heavy (non-hydrogen) atoms. The summed E-state index contributed by atoms with van der Waals surface area (Å²) in [5, 5.41) is 0. The highest BCUT2D eigenvalue weighted by atomic mass is 15.1. The Labute approximate surface area is 81.8 Å². The van der Waals surface area contributed by atoms with Gasteiger partial charge < -0.3 is 0 Å². The molecule has 0 spiro atoms. The Morgan fingerprint density at radius 3 is 2.77 bits per heavy atom. The van der Waals surface area contributed by atoms with Gasteiger partial charge in [-0.3, -0.25) is 4.90 Å². The lowest BCUT2D eigenvalue weighted by molar-refractivity contribution is 0.0225. The molecule has 0 aromatic heterocycles. The molecular weight excluding hydrogens is 158 g/mol. The molecule has 0 aliphatic carbocycles. The van der Waals surface area contributed by atoms with Crippen LogP contribution in [0.2, 0.25) is 0 Å². The van der Waals surface area contributed by atoms with Gasteiger partial charge in [0.1, 0.15) is 0 Å². The van der Waals surface area contributed by atoms with Crippen molar-refractivity contribution in [3.05, 3.63) is 11.6 Å². The van der Waals surface area contributed by atoms with E-state index in [2.05, 4.69) is 38.7 Å². The van der Waals surface area contributed by atoms with E-state index in [1.807, 2.05) is 0 Å². The Morgan fingerprint density at radius 1 is 1.38 bits per heavy atom. The molecule has 2 heterocycles. The first-order valence-electron chi connectivity index (χ1n) is 5.41. The van der Waals surface area contributed by atoms with Crippen LogP contribution in [0.25, 0.3) is 0 Å². The van der Waals surface area contributed by atoms with Crippen LogP contribution in [0.15, 0.2) is 11.6 Å². The van der Waals surface area contributed by atoms with Gasteiger partial charge in [0.25, 0.3) is 0 Å². The van der Waals surface area contributed by atoms with Crippen LogP contribution in [0.3, 0.4) is 0 Å². The zero-order chi connectivity index (χ0) is 9.64. The SMILES string of the molecule is CC1=CCN2CC(C)C(C)(C)C1C2. The van der Waals surface area contributed by atoms with E-state index in [1.165, 1.54) is 19.6 Å². The summed E-state index contributed by atoms with van der Waals surface area (Å²) < 4.78 is 0. The highest BCUT2D eigenvalue weighted by molar-refractivity contribution is 5.16. The van der Waals surface area contributed by atoms with Crippen LogP contribution >= 0.6 is 0 Å². The molecule has 1 saturated heterocycles. The maximum atomic E-state index is 2.59. The number of hydrogen-bond acceptors (Lipinski definition) is 1. The highest BCUT2D eigenvalue weighted by Gasteiger charge is 2.42. The van der Waals surface area contributed by atoms with Crippen molar-refractivity contribution in [2.75, 3.05) is 19.6 Å².